The Morgan fingerprint density at radius 2 is 1.87 bits per heavy atom. The monoisotopic (exact) mass is 333 g/mol. The summed E-state index contributed by atoms with van der Waals surface area (Å²) in [6, 6.07) is 15.1. The Labute approximate surface area is 144 Å². The molecule has 0 heterocycles. The number of ether oxygens (including phenoxy) is 2. The summed E-state index contributed by atoms with van der Waals surface area (Å²) in [6.45, 7) is 3.55. The van der Waals surface area contributed by atoms with Crippen molar-refractivity contribution in [2.45, 2.75) is 39.0 Å². The topological polar surface area (TPSA) is 30.5 Å². The van der Waals surface area contributed by atoms with Crippen LogP contribution >= 0.6 is 12.4 Å². The number of nitrogens with one attached hydrogen (secondary N) is 1. The molecule has 2 aromatic carbocycles. The van der Waals surface area contributed by atoms with E-state index in [-0.39, 0.29) is 12.4 Å². The maximum atomic E-state index is 5.94. The third-order valence-corrected chi connectivity index (χ3v) is 4.04. The summed E-state index contributed by atoms with van der Waals surface area (Å²) in [5, 5.41) is 3.51. The summed E-state index contributed by atoms with van der Waals surface area (Å²) < 4.78 is 11.4. The van der Waals surface area contributed by atoms with Crippen molar-refractivity contribution in [3.63, 3.8) is 0 Å². The molecule has 0 unspecified atom stereocenters. The van der Waals surface area contributed by atoms with Crippen LogP contribution in [0.15, 0.2) is 42.5 Å². The van der Waals surface area contributed by atoms with Gasteiger partial charge in [-0.1, -0.05) is 30.3 Å². The molecule has 0 aromatic heterocycles. The van der Waals surface area contributed by atoms with E-state index in [1.54, 1.807) is 7.11 Å². The maximum absolute atomic E-state index is 5.94. The summed E-state index contributed by atoms with van der Waals surface area (Å²) in [6.07, 6.45) is 2.60. The minimum absolute atomic E-state index is 0. The highest BCUT2D eigenvalue weighted by Gasteiger charge is 2.20. The minimum Gasteiger partial charge on any atom is -0.493 e. The largest absolute Gasteiger partial charge is 0.493 e. The van der Waals surface area contributed by atoms with Crippen molar-refractivity contribution in [1.29, 1.82) is 0 Å². The number of hydrogen-bond donors (Lipinski definition) is 1. The van der Waals surface area contributed by atoms with Gasteiger partial charge >= 0.3 is 0 Å². The van der Waals surface area contributed by atoms with E-state index in [9.17, 15) is 0 Å². The highest BCUT2D eigenvalue weighted by Crippen LogP contribution is 2.29. The Morgan fingerprint density at radius 3 is 2.57 bits per heavy atom. The maximum Gasteiger partial charge on any atom is 0.161 e. The molecule has 1 saturated carbocycles. The van der Waals surface area contributed by atoms with Crippen LogP contribution in [0.3, 0.4) is 0 Å². The lowest BCUT2D eigenvalue weighted by Crippen LogP contribution is -2.15. The van der Waals surface area contributed by atoms with E-state index in [0.717, 1.165) is 18.0 Å². The van der Waals surface area contributed by atoms with Crippen LogP contribution in [0.2, 0.25) is 0 Å². The Balaban J connectivity index is 0.00000192. The minimum atomic E-state index is 0. The Bertz CT molecular complexity index is 641. The molecule has 3 nitrogen and oxygen atoms in total. The molecule has 23 heavy (non-hydrogen) atoms. The number of aryl methyl sites for hydroxylation is 1. The van der Waals surface area contributed by atoms with Gasteiger partial charge in [0.2, 0.25) is 0 Å². The number of methoxy groups -OCH3 is 1. The molecule has 0 bridgehead atoms. The first-order valence-corrected chi connectivity index (χ1v) is 7.84. The SMILES string of the molecule is COc1cc(CNC2CC2)ccc1OCc1ccccc1C.Cl. The van der Waals surface area contributed by atoms with E-state index in [2.05, 4.69) is 36.5 Å². The zero-order valence-electron chi connectivity index (χ0n) is 13.7. The molecule has 124 valence electrons. The smallest absolute Gasteiger partial charge is 0.161 e. The lowest BCUT2D eigenvalue weighted by atomic mass is 10.1. The molecule has 0 radical (unpaired) electrons. The van der Waals surface area contributed by atoms with Crippen LogP contribution < -0.4 is 14.8 Å². The molecule has 1 N–H and O–H groups in total. The molecule has 0 saturated heterocycles. The van der Waals surface area contributed by atoms with Gasteiger partial charge in [-0.05, 0) is 48.6 Å². The van der Waals surface area contributed by atoms with Crippen LogP contribution in [0.5, 0.6) is 11.5 Å². The fraction of sp³-hybridized carbons (Fsp3) is 0.368. The predicted molar refractivity (Wildman–Crippen MR) is 95.6 cm³/mol. The average Bonchev–Trinajstić information content (AvgIpc) is 3.37. The second kappa shape index (κ2) is 8.23. The van der Waals surface area contributed by atoms with Crippen molar-refractivity contribution >= 4 is 12.4 Å². The standard InChI is InChI=1S/C19H23NO2.ClH/c1-14-5-3-4-6-16(14)13-22-18-10-7-15(11-19(18)21-2)12-20-17-8-9-17;/h3-7,10-11,17,20H,8-9,12-13H2,1-2H3;1H. The van der Waals surface area contributed by atoms with Gasteiger partial charge in [0.25, 0.3) is 0 Å². The van der Waals surface area contributed by atoms with Crippen LogP contribution in [0, 0.1) is 6.92 Å². The molecule has 4 heteroatoms. The van der Waals surface area contributed by atoms with Gasteiger partial charge in [-0.2, -0.15) is 0 Å². The molecule has 0 aliphatic heterocycles. The first-order chi connectivity index (χ1) is 10.8. The van der Waals surface area contributed by atoms with Gasteiger partial charge in [0.05, 0.1) is 7.11 Å². The molecule has 0 atom stereocenters. The normalized spacial score (nSPS) is 13.3. The van der Waals surface area contributed by atoms with Gasteiger partial charge in [0.15, 0.2) is 11.5 Å². The summed E-state index contributed by atoms with van der Waals surface area (Å²) in [5.74, 6) is 1.59. The van der Waals surface area contributed by atoms with Crippen LogP contribution in [0.1, 0.15) is 29.5 Å². The molecule has 1 aliphatic carbocycles. The quantitative estimate of drug-likeness (QED) is 0.821. The molecule has 0 spiro atoms. The van der Waals surface area contributed by atoms with Crippen LogP contribution in [0.25, 0.3) is 0 Å². The second-order valence-electron chi connectivity index (χ2n) is 5.86. The molecule has 0 amide bonds. The van der Waals surface area contributed by atoms with Crippen LogP contribution in [0.4, 0.5) is 0 Å². The van der Waals surface area contributed by atoms with E-state index in [4.69, 9.17) is 9.47 Å². The third-order valence-electron chi connectivity index (χ3n) is 4.04. The summed E-state index contributed by atoms with van der Waals surface area (Å²) in [7, 11) is 1.69. The molecular weight excluding hydrogens is 310 g/mol. The average molecular weight is 334 g/mol. The Hall–Kier alpha value is -1.71. The first-order valence-electron chi connectivity index (χ1n) is 7.84. The zero-order chi connectivity index (χ0) is 15.4. The van der Waals surface area contributed by atoms with E-state index in [0.29, 0.717) is 12.6 Å². The van der Waals surface area contributed by atoms with Gasteiger partial charge in [0.1, 0.15) is 6.61 Å². The van der Waals surface area contributed by atoms with Crippen LogP contribution in [-0.2, 0) is 13.2 Å². The van der Waals surface area contributed by atoms with Crippen LogP contribution in [-0.4, -0.2) is 13.2 Å². The van der Waals surface area contributed by atoms with E-state index >= 15 is 0 Å². The Morgan fingerprint density at radius 1 is 1.09 bits per heavy atom. The van der Waals surface area contributed by atoms with Crippen molar-refractivity contribution in [3.05, 3.63) is 59.2 Å². The Kier molecular flexibility index (Phi) is 6.31. The summed E-state index contributed by atoms with van der Waals surface area (Å²) in [5.41, 5.74) is 3.67. The van der Waals surface area contributed by atoms with Gasteiger partial charge in [0, 0.05) is 12.6 Å². The fourth-order valence-electron chi connectivity index (χ4n) is 2.42. The molecule has 3 rings (SSSR count). The van der Waals surface area contributed by atoms with Gasteiger partial charge in [-0.15, -0.1) is 12.4 Å². The number of hydrogen-bond acceptors (Lipinski definition) is 3. The summed E-state index contributed by atoms with van der Waals surface area (Å²) >= 11 is 0. The number of benzene rings is 2. The first kappa shape index (κ1) is 17.6. The number of halogens is 1. The highest BCUT2D eigenvalue weighted by molar-refractivity contribution is 5.85. The van der Waals surface area contributed by atoms with Gasteiger partial charge in [-0.25, -0.2) is 0 Å². The van der Waals surface area contributed by atoms with Gasteiger partial charge < -0.3 is 14.8 Å². The van der Waals surface area contributed by atoms with E-state index in [1.807, 2.05) is 18.2 Å². The second-order valence-corrected chi connectivity index (χ2v) is 5.86. The zero-order valence-corrected chi connectivity index (χ0v) is 14.5. The van der Waals surface area contributed by atoms with E-state index < -0.39 is 0 Å². The molecule has 1 fully saturated rings. The van der Waals surface area contributed by atoms with Crippen molar-refractivity contribution < 1.29 is 9.47 Å². The number of rotatable bonds is 7. The molecule has 1 aliphatic rings. The lowest BCUT2D eigenvalue weighted by Gasteiger charge is -2.13. The van der Waals surface area contributed by atoms with Crippen molar-refractivity contribution in [3.8, 4) is 11.5 Å². The molecular formula is C19H24ClNO2. The fourth-order valence-corrected chi connectivity index (χ4v) is 2.42. The summed E-state index contributed by atoms with van der Waals surface area (Å²) in [4.78, 5) is 0. The predicted octanol–water partition coefficient (Wildman–Crippen LogP) is 4.26. The molecule has 2 aromatic rings. The lowest BCUT2D eigenvalue weighted by molar-refractivity contribution is 0.283. The van der Waals surface area contributed by atoms with Crippen molar-refractivity contribution in [2.75, 3.05) is 7.11 Å². The third kappa shape index (κ3) is 4.88. The van der Waals surface area contributed by atoms with Crippen molar-refractivity contribution in [1.82, 2.24) is 5.32 Å². The van der Waals surface area contributed by atoms with Crippen molar-refractivity contribution in [2.24, 2.45) is 0 Å². The highest BCUT2D eigenvalue weighted by atomic mass is 35.5. The van der Waals surface area contributed by atoms with E-state index in [1.165, 1.54) is 29.5 Å². The van der Waals surface area contributed by atoms with Gasteiger partial charge in [-0.3, -0.25) is 0 Å².